The highest BCUT2D eigenvalue weighted by Gasteiger charge is 2.38. The maximum Gasteiger partial charge on any atom is 0.327 e. The number of thiocarbonyl (C=S) groups is 1. The number of carbonyl (C=O) groups is 3. The molecule has 1 heterocycles. The molecular formula is C7H7NO5S2. The third-order valence-electron chi connectivity index (χ3n) is 1.75. The van der Waals surface area contributed by atoms with Crippen molar-refractivity contribution < 1.29 is 24.6 Å². The van der Waals surface area contributed by atoms with Crippen molar-refractivity contribution in [2.24, 2.45) is 0 Å². The lowest BCUT2D eigenvalue weighted by molar-refractivity contribution is -0.150. The van der Waals surface area contributed by atoms with E-state index in [1.165, 1.54) is 0 Å². The first-order valence-electron chi connectivity index (χ1n) is 3.87. The summed E-state index contributed by atoms with van der Waals surface area (Å²) in [4.78, 5) is 33.4. The second kappa shape index (κ2) is 4.58. The van der Waals surface area contributed by atoms with E-state index < -0.39 is 30.3 Å². The van der Waals surface area contributed by atoms with E-state index >= 15 is 0 Å². The molecule has 0 aromatic rings. The summed E-state index contributed by atoms with van der Waals surface area (Å²) in [5.74, 6) is -3.04. The van der Waals surface area contributed by atoms with Gasteiger partial charge in [0, 0.05) is 0 Å². The van der Waals surface area contributed by atoms with Crippen LogP contribution in [0.25, 0.3) is 0 Å². The van der Waals surface area contributed by atoms with Crippen LogP contribution < -0.4 is 0 Å². The first-order chi connectivity index (χ1) is 6.93. The molecule has 0 aromatic heterocycles. The van der Waals surface area contributed by atoms with Gasteiger partial charge in [-0.25, -0.2) is 4.79 Å². The fourth-order valence-electron chi connectivity index (χ4n) is 1.12. The Morgan fingerprint density at radius 1 is 1.53 bits per heavy atom. The highest BCUT2D eigenvalue weighted by molar-refractivity contribution is 8.23. The summed E-state index contributed by atoms with van der Waals surface area (Å²) in [7, 11) is 0. The number of amides is 1. The number of aliphatic carboxylic acids is 2. The van der Waals surface area contributed by atoms with Crippen molar-refractivity contribution in [3.63, 3.8) is 0 Å². The first-order valence-corrected chi connectivity index (χ1v) is 5.26. The van der Waals surface area contributed by atoms with Gasteiger partial charge >= 0.3 is 11.9 Å². The average molecular weight is 249 g/mol. The fraction of sp³-hybridized carbons (Fsp3) is 0.429. The van der Waals surface area contributed by atoms with Crippen LogP contribution in [0.3, 0.4) is 0 Å². The van der Waals surface area contributed by atoms with E-state index in [9.17, 15) is 14.4 Å². The van der Waals surface area contributed by atoms with Crippen LogP contribution in [0, 0.1) is 0 Å². The molecule has 1 amide bonds. The van der Waals surface area contributed by atoms with Gasteiger partial charge in [0.05, 0.1) is 12.2 Å². The number of nitrogens with zero attached hydrogens (tertiary/aromatic N) is 1. The zero-order chi connectivity index (χ0) is 11.6. The highest BCUT2D eigenvalue weighted by Crippen LogP contribution is 2.23. The van der Waals surface area contributed by atoms with Gasteiger partial charge in [0.1, 0.15) is 10.4 Å². The van der Waals surface area contributed by atoms with Gasteiger partial charge in [-0.05, 0) is 0 Å². The van der Waals surface area contributed by atoms with Gasteiger partial charge in [0.15, 0.2) is 0 Å². The smallest absolute Gasteiger partial charge is 0.327 e. The van der Waals surface area contributed by atoms with Crippen LogP contribution in [0.1, 0.15) is 6.42 Å². The maximum atomic E-state index is 11.3. The van der Waals surface area contributed by atoms with Crippen LogP contribution in [0.2, 0.25) is 0 Å². The Balaban J connectivity index is 2.88. The molecule has 0 aromatic carbocycles. The van der Waals surface area contributed by atoms with Gasteiger partial charge < -0.3 is 10.2 Å². The van der Waals surface area contributed by atoms with Crippen molar-refractivity contribution in [1.82, 2.24) is 4.90 Å². The lowest BCUT2D eigenvalue weighted by Gasteiger charge is -2.21. The average Bonchev–Trinajstić information content (AvgIpc) is 2.42. The SMILES string of the molecule is O=C(O)CC(C(=O)O)N1C(=O)CSC1=S. The molecule has 1 unspecified atom stereocenters. The minimum atomic E-state index is -1.41. The fourth-order valence-corrected chi connectivity index (χ4v) is 2.28. The summed E-state index contributed by atoms with van der Waals surface area (Å²) < 4.78 is 0.119. The number of carboxylic acid groups (broad SMARTS) is 2. The van der Waals surface area contributed by atoms with E-state index in [1.807, 2.05) is 0 Å². The van der Waals surface area contributed by atoms with Crippen molar-refractivity contribution in [3.05, 3.63) is 0 Å². The van der Waals surface area contributed by atoms with Crippen molar-refractivity contribution in [1.29, 1.82) is 0 Å². The van der Waals surface area contributed by atoms with Crippen LogP contribution in [0.4, 0.5) is 0 Å². The lowest BCUT2D eigenvalue weighted by atomic mass is 10.2. The molecule has 0 spiro atoms. The minimum Gasteiger partial charge on any atom is -0.481 e. The predicted octanol–water partition coefficient (Wildman–Crippen LogP) is -0.225. The monoisotopic (exact) mass is 249 g/mol. The summed E-state index contributed by atoms with van der Waals surface area (Å²) >= 11 is 5.82. The molecule has 1 aliphatic rings. The standard InChI is InChI=1S/C7H7NO5S2/c9-4-2-15-7(14)8(4)3(6(12)13)1-5(10)11/h3H,1-2H2,(H,10,11)(H,12,13). The van der Waals surface area contributed by atoms with Gasteiger partial charge in [-0.1, -0.05) is 24.0 Å². The molecule has 6 nitrogen and oxygen atoms in total. The molecule has 0 saturated carbocycles. The molecule has 1 saturated heterocycles. The van der Waals surface area contributed by atoms with Crippen LogP contribution in [0.15, 0.2) is 0 Å². The molecule has 0 radical (unpaired) electrons. The zero-order valence-corrected chi connectivity index (χ0v) is 9.01. The summed E-state index contributed by atoms with van der Waals surface area (Å²) in [6.07, 6.45) is -0.651. The summed E-state index contributed by atoms with van der Waals surface area (Å²) in [5, 5.41) is 17.3. The molecule has 0 aliphatic carbocycles. The molecule has 1 fully saturated rings. The normalized spacial score (nSPS) is 18.0. The maximum absolute atomic E-state index is 11.3. The minimum absolute atomic E-state index is 0.0717. The Morgan fingerprint density at radius 3 is 2.47 bits per heavy atom. The number of hydrogen-bond donors (Lipinski definition) is 2. The van der Waals surface area contributed by atoms with Crippen molar-refractivity contribution in [3.8, 4) is 0 Å². The van der Waals surface area contributed by atoms with E-state index in [-0.39, 0.29) is 10.1 Å². The predicted molar refractivity (Wildman–Crippen MR) is 55.6 cm³/mol. The molecule has 1 atom stereocenters. The summed E-state index contributed by atoms with van der Waals surface area (Å²) in [6.45, 7) is 0. The van der Waals surface area contributed by atoms with Crippen molar-refractivity contribution in [2.45, 2.75) is 12.5 Å². The number of thioether (sulfide) groups is 1. The van der Waals surface area contributed by atoms with Crippen LogP contribution in [-0.2, 0) is 14.4 Å². The summed E-state index contributed by atoms with van der Waals surface area (Å²) in [6, 6.07) is -1.41. The second-order valence-corrected chi connectivity index (χ2v) is 4.38. The van der Waals surface area contributed by atoms with Gasteiger partial charge in [0.2, 0.25) is 5.91 Å². The molecule has 2 N–H and O–H groups in total. The van der Waals surface area contributed by atoms with E-state index in [1.54, 1.807) is 0 Å². The van der Waals surface area contributed by atoms with Gasteiger partial charge in [-0.15, -0.1) is 0 Å². The van der Waals surface area contributed by atoms with Crippen molar-refractivity contribution in [2.75, 3.05) is 5.75 Å². The number of hydrogen-bond acceptors (Lipinski definition) is 5. The van der Waals surface area contributed by atoms with Crippen molar-refractivity contribution >= 4 is 46.1 Å². The van der Waals surface area contributed by atoms with Gasteiger partial charge in [-0.3, -0.25) is 14.5 Å². The zero-order valence-electron chi connectivity index (χ0n) is 7.37. The van der Waals surface area contributed by atoms with Gasteiger partial charge in [-0.2, -0.15) is 0 Å². The molecule has 15 heavy (non-hydrogen) atoms. The van der Waals surface area contributed by atoms with Gasteiger partial charge in [0.25, 0.3) is 0 Å². The topological polar surface area (TPSA) is 94.9 Å². The molecule has 82 valence electrons. The molecule has 1 rings (SSSR count). The van der Waals surface area contributed by atoms with E-state index in [2.05, 4.69) is 0 Å². The Labute approximate surface area is 94.2 Å². The molecule has 8 heteroatoms. The Morgan fingerprint density at radius 2 is 2.13 bits per heavy atom. The van der Waals surface area contributed by atoms with Crippen LogP contribution >= 0.6 is 24.0 Å². The van der Waals surface area contributed by atoms with E-state index in [0.29, 0.717) is 0 Å². The van der Waals surface area contributed by atoms with Crippen LogP contribution in [0.5, 0.6) is 0 Å². The molecular weight excluding hydrogens is 242 g/mol. The molecule has 0 bridgehead atoms. The summed E-state index contributed by atoms with van der Waals surface area (Å²) in [5.41, 5.74) is 0. The van der Waals surface area contributed by atoms with E-state index in [0.717, 1.165) is 16.7 Å². The highest BCUT2D eigenvalue weighted by atomic mass is 32.2. The quantitative estimate of drug-likeness (QED) is 0.665. The largest absolute Gasteiger partial charge is 0.481 e. The Bertz CT molecular complexity index is 326. The second-order valence-electron chi connectivity index (χ2n) is 2.77. The molecule has 1 aliphatic heterocycles. The Kier molecular flexibility index (Phi) is 3.64. The third kappa shape index (κ3) is 2.66. The number of carbonyl (C=O) groups excluding carboxylic acids is 1. The first kappa shape index (κ1) is 11.9. The number of rotatable bonds is 4. The number of carboxylic acids is 2. The Hall–Kier alpha value is -1.15. The van der Waals surface area contributed by atoms with E-state index in [4.69, 9.17) is 22.4 Å². The lowest BCUT2D eigenvalue weighted by Crippen LogP contribution is -2.45. The third-order valence-corrected chi connectivity index (χ3v) is 3.13. The van der Waals surface area contributed by atoms with Crippen LogP contribution in [-0.4, -0.2) is 49.1 Å².